The number of alkyl carbamates (subject to hydrolysis) is 1. The minimum Gasteiger partial charge on any atom is -0.475 e. The van der Waals surface area contributed by atoms with Gasteiger partial charge >= 0.3 is 18.2 Å². The average molecular weight is 877 g/mol. The van der Waals surface area contributed by atoms with Crippen molar-refractivity contribution in [3.05, 3.63) is 89.5 Å². The Labute approximate surface area is 367 Å². The first-order valence-corrected chi connectivity index (χ1v) is 21.4. The summed E-state index contributed by atoms with van der Waals surface area (Å²) >= 11 is 0. The number of carbonyl (C=O) groups excluding carboxylic acids is 4. The largest absolute Gasteiger partial charge is 0.490 e. The molecule has 1 atom stereocenters. The molecule has 2 aliphatic rings. The molecule has 16 heteroatoms. The Morgan fingerprint density at radius 2 is 1.41 bits per heavy atom. The zero-order chi connectivity index (χ0) is 46.2. The second-order valence-electron chi connectivity index (χ2n) is 16.7. The molecular weight excluding hydrogens is 818 g/mol. The van der Waals surface area contributed by atoms with Gasteiger partial charge in [0.25, 0.3) is 0 Å². The van der Waals surface area contributed by atoms with Gasteiger partial charge < -0.3 is 25.4 Å². The molecule has 1 aliphatic heterocycles. The monoisotopic (exact) mass is 876 g/mol. The van der Waals surface area contributed by atoms with E-state index in [1.54, 1.807) is 0 Å². The Morgan fingerprint density at radius 3 is 1.94 bits per heavy atom. The molecule has 340 valence electrons. The van der Waals surface area contributed by atoms with Crippen molar-refractivity contribution in [3.8, 4) is 11.1 Å². The van der Waals surface area contributed by atoms with Crippen molar-refractivity contribution in [2.24, 2.45) is 33.0 Å². The number of nitrogens with zero attached hydrogens (tertiary/aromatic N) is 4. The molecule has 1 fully saturated rings. The second-order valence-corrected chi connectivity index (χ2v) is 16.7. The molecule has 1 saturated carbocycles. The summed E-state index contributed by atoms with van der Waals surface area (Å²) in [5, 5.41) is 21.0. The number of ketones is 2. The number of ether oxygens (including phenoxy) is 1. The zero-order valence-corrected chi connectivity index (χ0v) is 36.7. The predicted octanol–water partition coefficient (Wildman–Crippen LogP) is 9.55. The molecule has 13 nitrogen and oxygen atoms in total. The van der Waals surface area contributed by atoms with Crippen LogP contribution in [0, 0.1) is 17.8 Å². The van der Waals surface area contributed by atoms with Crippen LogP contribution in [0.4, 0.5) is 23.7 Å². The number of aliphatic imine (C=N–C) groups is 1. The highest BCUT2D eigenvalue weighted by atomic mass is 19.4. The second kappa shape index (κ2) is 23.6. The van der Waals surface area contributed by atoms with Gasteiger partial charge in [0.1, 0.15) is 11.4 Å². The molecule has 0 saturated heterocycles. The molecule has 5 rings (SSSR count). The number of hydrogen-bond acceptors (Lipinski definition) is 10. The van der Waals surface area contributed by atoms with Crippen LogP contribution in [-0.2, 0) is 25.5 Å². The van der Waals surface area contributed by atoms with Crippen molar-refractivity contribution in [1.82, 2.24) is 10.2 Å². The van der Waals surface area contributed by atoms with Crippen LogP contribution in [0.15, 0.2) is 88.0 Å². The first kappa shape index (κ1) is 49.9. The number of carboxylic acids is 1. The molecule has 3 N–H and O–H groups in total. The van der Waals surface area contributed by atoms with Gasteiger partial charge in [-0.15, -0.1) is 5.11 Å². The van der Waals surface area contributed by atoms with Gasteiger partial charge in [-0.2, -0.15) is 18.3 Å². The summed E-state index contributed by atoms with van der Waals surface area (Å²) < 4.78 is 37.1. The van der Waals surface area contributed by atoms with Crippen LogP contribution >= 0.6 is 0 Å². The molecule has 2 amide bonds. The maximum absolute atomic E-state index is 13.9. The van der Waals surface area contributed by atoms with Crippen LogP contribution in [0.1, 0.15) is 101 Å². The lowest BCUT2D eigenvalue weighted by atomic mass is 9.77. The standard InChI is InChI=1S/C45H58N6O5.C2HF3O2/c1-6-51(7-2)26-8-9-40(52)35-20-18-34(19-21-35)33-14-10-31(11-15-33)27-38(43(54)49-39-24-22-37(23-25-39)42-47-30-48-50-42)28-41(53)36-16-12-32(13-17-36)29-46-44(55)56-45(3,4)5;3-2(4,5)1(6)7/h10-11,14-15,18-25,32,36,38H,6-9,12-13,16-17,26-30H2,1-5H3,(H,46,55)(H,49,54);(H,6,7)/t32?,36?,38-;/m1./s1. The third-order valence-corrected chi connectivity index (χ3v) is 10.9. The molecule has 0 unspecified atom stereocenters. The number of aliphatic carboxylic acids is 1. The van der Waals surface area contributed by atoms with Crippen molar-refractivity contribution in [1.29, 1.82) is 0 Å². The number of nitrogens with one attached hydrogen (secondary N) is 2. The number of Topliss-reactive ketones (excluding diaryl/α,β-unsaturated/α-hetero) is 2. The highest BCUT2D eigenvalue weighted by molar-refractivity contribution is 6.01. The van der Waals surface area contributed by atoms with Crippen molar-refractivity contribution in [2.75, 3.05) is 38.2 Å². The molecule has 0 bridgehead atoms. The van der Waals surface area contributed by atoms with Gasteiger partial charge in [0, 0.05) is 48.0 Å². The summed E-state index contributed by atoms with van der Waals surface area (Å²) in [6, 6.07) is 23.2. The maximum Gasteiger partial charge on any atom is 0.490 e. The number of hydrogen-bond donors (Lipinski definition) is 3. The zero-order valence-electron chi connectivity index (χ0n) is 36.7. The van der Waals surface area contributed by atoms with Gasteiger partial charge in [-0.25, -0.2) is 14.6 Å². The number of benzene rings is 3. The van der Waals surface area contributed by atoms with E-state index in [9.17, 15) is 32.3 Å². The van der Waals surface area contributed by atoms with Crippen molar-refractivity contribution in [2.45, 2.75) is 97.8 Å². The molecule has 1 aliphatic carbocycles. The molecule has 3 aromatic rings. The number of halogens is 3. The first-order chi connectivity index (χ1) is 29.8. The topological polar surface area (TPSA) is 179 Å². The highest BCUT2D eigenvalue weighted by Crippen LogP contribution is 2.32. The lowest BCUT2D eigenvalue weighted by molar-refractivity contribution is -0.192. The maximum atomic E-state index is 13.9. The van der Waals surface area contributed by atoms with Gasteiger partial charge in [-0.1, -0.05) is 62.4 Å². The molecule has 3 aromatic carbocycles. The fourth-order valence-electron chi connectivity index (χ4n) is 7.34. The van der Waals surface area contributed by atoms with E-state index < -0.39 is 29.8 Å². The summed E-state index contributed by atoms with van der Waals surface area (Å²) in [5.41, 5.74) is 4.59. The quantitative estimate of drug-likeness (QED) is 0.106. The number of alkyl halides is 3. The summed E-state index contributed by atoms with van der Waals surface area (Å²) in [6.07, 6.45) is -0.474. The Morgan fingerprint density at radius 1 is 0.841 bits per heavy atom. The van der Waals surface area contributed by atoms with Crippen molar-refractivity contribution >= 4 is 41.1 Å². The first-order valence-electron chi connectivity index (χ1n) is 21.4. The summed E-state index contributed by atoms with van der Waals surface area (Å²) in [4.78, 5) is 68.1. The minimum absolute atomic E-state index is 0.1000. The summed E-state index contributed by atoms with van der Waals surface area (Å²) in [5.74, 6) is -2.55. The van der Waals surface area contributed by atoms with Crippen LogP contribution in [-0.4, -0.2) is 90.0 Å². The lowest BCUT2D eigenvalue weighted by Gasteiger charge is -2.29. The minimum atomic E-state index is -5.08. The highest BCUT2D eigenvalue weighted by Gasteiger charge is 2.38. The van der Waals surface area contributed by atoms with E-state index >= 15 is 0 Å². The normalized spacial score (nSPS) is 16.6. The number of carbonyl (C=O) groups is 5. The molecule has 0 spiro atoms. The lowest BCUT2D eigenvalue weighted by Crippen LogP contribution is -2.37. The molecule has 63 heavy (non-hydrogen) atoms. The number of anilines is 1. The number of rotatable bonds is 18. The smallest absolute Gasteiger partial charge is 0.475 e. The van der Waals surface area contributed by atoms with Crippen LogP contribution in [0.3, 0.4) is 0 Å². The Balaban J connectivity index is 0.00000115. The number of amidine groups is 1. The van der Waals surface area contributed by atoms with Gasteiger partial charge in [0.15, 0.2) is 18.3 Å². The van der Waals surface area contributed by atoms with Gasteiger partial charge in [0.05, 0.1) is 0 Å². The van der Waals surface area contributed by atoms with E-state index in [1.807, 2.05) is 93.6 Å². The average Bonchev–Trinajstić information content (AvgIpc) is 3.80. The molecular formula is C47H59F3N6O7. The number of amides is 2. The van der Waals surface area contributed by atoms with Crippen LogP contribution in [0.25, 0.3) is 11.1 Å². The Hall–Kier alpha value is -5.77. The van der Waals surface area contributed by atoms with Gasteiger partial charge in [-0.05, 0) is 126 Å². The summed E-state index contributed by atoms with van der Waals surface area (Å²) in [6.45, 7) is 13.5. The summed E-state index contributed by atoms with van der Waals surface area (Å²) in [7, 11) is 0. The molecule has 0 radical (unpaired) electrons. The van der Waals surface area contributed by atoms with E-state index in [2.05, 4.69) is 44.6 Å². The third-order valence-electron chi connectivity index (χ3n) is 10.9. The number of carboxylic acid groups (broad SMARTS) is 1. The van der Waals surface area contributed by atoms with Crippen molar-refractivity contribution < 1.29 is 47.0 Å². The Bertz CT molecular complexity index is 2050. The third kappa shape index (κ3) is 16.8. The van der Waals surface area contributed by atoms with E-state index in [-0.39, 0.29) is 35.7 Å². The fourth-order valence-corrected chi connectivity index (χ4v) is 7.34. The predicted molar refractivity (Wildman–Crippen MR) is 235 cm³/mol. The van der Waals surface area contributed by atoms with Crippen molar-refractivity contribution in [3.63, 3.8) is 0 Å². The van der Waals surface area contributed by atoms with Gasteiger partial charge in [0.2, 0.25) is 5.91 Å². The Kier molecular flexibility index (Phi) is 18.7. The molecule has 1 heterocycles. The van der Waals surface area contributed by atoms with E-state index in [0.29, 0.717) is 37.6 Å². The van der Waals surface area contributed by atoms with Crippen LogP contribution in [0.2, 0.25) is 0 Å². The molecule has 0 aromatic heterocycles. The van der Waals surface area contributed by atoms with Crippen LogP contribution in [0.5, 0.6) is 0 Å². The fraction of sp³-hybridized carbons (Fsp3) is 0.489. The van der Waals surface area contributed by atoms with E-state index in [4.69, 9.17) is 14.6 Å². The van der Waals surface area contributed by atoms with E-state index in [0.717, 1.165) is 79.6 Å². The van der Waals surface area contributed by atoms with E-state index in [1.165, 1.54) is 0 Å². The SMILES string of the molecule is CCN(CC)CCCC(=O)c1ccc(-c2ccc(C[C@H](CC(=O)C3CCC(CNC(=O)OC(C)(C)C)CC3)C(=O)Nc3ccc(C4=NCN=N4)cc3)cc2)cc1.O=C(O)C(F)(F)F. The van der Waals surface area contributed by atoms with Gasteiger partial charge in [-0.3, -0.25) is 14.4 Å². The number of azo groups is 1. The van der Waals surface area contributed by atoms with Crippen LogP contribution < -0.4 is 10.6 Å².